The molecule has 2 aromatic rings. The molecule has 2 aromatic heterocycles. The van der Waals surface area contributed by atoms with Gasteiger partial charge < -0.3 is 9.72 Å². The Morgan fingerprint density at radius 2 is 2.15 bits per heavy atom. The van der Waals surface area contributed by atoms with E-state index in [0.717, 1.165) is 41.2 Å². The Labute approximate surface area is 163 Å². The van der Waals surface area contributed by atoms with E-state index in [1.807, 2.05) is 38.3 Å². The summed E-state index contributed by atoms with van der Waals surface area (Å²) in [5.41, 5.74) is 3.25. The van der Waals surface area contributed by atoms with Crippen molar-refractivity contribution in [3.8, 4) is 0 Å². The van der Waals surface area contributed by atoms with E-state index < -0.39 is 0 Å². The van der Waals surface area contributed by atoms with Gasteiger partial charge in [-0.3, -0.25) is 0 Å². The van der Waals surface area contributed by atoms with Crippen LogP contribution in [-0.2, 0) is 4.74 Å². The largest absolute Gasteiger partial charge is 0.376 e. The van der Waals surface area contributed by atoms with E-state index in [0.29, 0.717) is 6.61 Å². The molecule has 0 spiro atoms. The Morgan fingerprint density at radius 3 is 2.96 bits per heavy atom. The number of hydrogen-bond donors (Lipinski definition) is 1. The lowest BCUT2D eigenvalue weighted by atomic mass is 10.1. The highest BCUT2D eigenvalue weighted by atomic mass is 35.5. The first-order valence-corrected chi connectivity index (χ1v) is 10.2. The average Bonchev–Trinajstić information content (AvgIpc) is 2.93. The second-order valence-electron chi connectivity index (χ2n) is 5.69. The minimum atomic E-state index is 0.644. The van der Waals surface area contributed by atoms with Gasteiger partial charge in [0.15, 0.2) is 0 Å². The molecule has 0 aromatic carbocycles. The highest BCUT2D eigenvalue weighted by Gasteiger charge is 2.19. The van der Waals surface area contributed by atoms with E-state index in [4.69, 9.17) is 16.3 Å². The van der Waals surface area contributed by atoms with Crippen LogP contribution >= 0.6 is 23.4 Å². The van der Waals surface area contributed by atoms with Crippen LogP contribution in [0.3, 0.4) is 0 Å². The van der Waals surface area contributed by atoms with Gasteiger partial charge in [-0.2, -0.15) is 0 Å². The molecule has 0 unspecified atom stereocenters. The fourth-order valence-electron chi connectivity index (χ4n) is 2.85. The van der Waals surface area contributed by atoms with E-state index in [1.165, 1.54) is 15.4 Å². The maximum atomic E-state index is 6.09. The number of halogens is 1. The van der Waals surface area contributed by atoms with Gasteiger partial charge in [0.05, 0.1) is 18.9 Å². The van der Waals surface area contributed by atoms with Crippen molar-refractivity contribution >= 4 is 40.0 Å². The second-order valence-corrected chi connectivity index (χ2v) is 7.27. The van der Waals surface area contributed by atoms with E-state index in [2.05, 4.69) is 34.3 Å². The molecule has 0 atom stereocenters. The van der Waals surface area contributed by atoms with E-state index >= 15 is 0 Å². The van der Waals surface area contributed by atoms with Crippen molar-refractivity contribution in [1.82, 2.24) is 9.97 Å². The lowest BCUT2D eigenvalue weighted by molar-refractivity contribution is 0.164. The first-order chi connectivity index (χ1) is 12.8. The lowest BCUT2D eigenvalue weighted by Crippen LogP contribution is -2.05. The molecule has 0 fully saturated rings. The molecular formula is C21H23ClN2OS. The quantitative estimate of drug-likeness (QED) is 0.658. The van der Waals surface area contributed by atoms with Crippen LogP contribution in [0, 0.1) is 0 Å². The molecule has 1 N–H and O–H groups in total. The number of allylic oxidation sites excluding steroid dienone is 6. The Bertz CT molecular complexity index is 893. The van der Waals surface area contributed by atoms with Crippen molar-refractivity contribution in [2.75, 3.05) is 13.2 Å². The number of rotatable bonds is 3. The minimum Gasteiger partial charge on any atom is -0.376 e. The summed E-state index contributed by atoms with van der Waals surface area (Å²) in [6.45, 7) is 5.44. The first-order valence-electron chi connectivity index (χ1n) is 8.96. The first kappa shape index (κ1) is 19.0. The van der Waals surface area contributed by atoms with Gasteiger partial charge in [0.2, 0.25) is 0 Å². The topological polar surface area (TPSA) is 37.9 Å². The molecule has 0 bridgehead atoms. The molecule has 136 valence electrons. The van der Waals surface area contributed by atoms with Crippen molar-refractivity contribution in [3.63, 3.8) is 0 Å². The monoisotopic (exact) mass is 386 g/mol. The number of pyridine rings is 1. The predicted octanol–water partition coefficient (Wildman–Crippen LogP) is 6.45. The van der Waals surface area contributed by atoms with Gasteiger partial charge in [-0.05, 0) is 47.6 Å². The number of ether oxygens (including phenoxy) is 1. The highest BCUT2D eigenvalue weighted by molar-refractivity contribution is 8.03. The number of fused-ring (bicyclic) bond motifs is 1. The zero-order valence-corrected chi connectivity index (χ0v) is 16.7. The smallest absolute Gasteiger partial charge is 0.138 e. The van der Waals surface area contributed by atoms with Crippen LogP contribution in [0.4, 0.5) is 0 Å². The van der Waals surface area contributed by atoms with E-state index in [-0.39, 0.29) is 0 Å². The lowest BCUT2D eigenvalue weighted by Gasteiger charge is -2.14. The second kappa shape index (κ2) is 9.26. The van der Waals surface area contributed by atoms with Crippen LogP contribution in [-0.4, -0.2) is 23.2 Å². The standard InChI is InChI=1S/C19H17ClN2OS.C2H6/c20-14-5-1-6-15(9-8-14)24-18-16-7-2-10-21-19(16)22-17(18)13-4-3-11-23-12-13;1-2/h1-2,4-5,7-10H,3,6,11-12H2,(H,21,22);1-2H3. The van der Waals surface area contributed by atoms with Crippen LogP contribution in [0.2, 0.25) is 0 Å². The van der Waals surface area contributed by atoms with Crippen molar-refractivity contribution < 1.29 is 4.74 Å². The molecule has 26 heavy (non-hydrogen) atoms. The molecule has 5 heteroatoms. The maximum Gasteiger partial charge on any atom is 0.138 e. The number of thioether (sulfide) groups is 1. The maximum absolute atomic E-state index is 6.09. The van der Waals surface area contributed by atoms with Gasteiger partial charge in [-0.25, -0.2) is 4.98 Å². The molecule has 1 aliphatic carbocycles. The molecule has 0 amide bonds. The average molecular weight is 387 g/mol. The van der Waals surface area contributed by atoms with Gasteiger partial charge in [0, 0.05) is 21.5 Å². The summed E-state index contributed by atoms with van der Waals surface area (Å²) in [6, 6.07) is 4.10. The summed E-state index contributed by atoms with van der Waals surface area (Å²) in [4.78, 5) is 10.4. The minimum absolute atomic E-state index is 0.644. The molecule has 1 aliphatic heterocycles. The van der Waals surface area contributed by atoms with Crippen molar-refractivity contribution in [2.45, 2.75) is 31.6 Å². The Morgan fingerprint density at radius 1 is 1.27 bits per heavy atom. The van der Waals surface area contributed by atoms with E-state index in [9.17, 15) is 0 Å². The zero-order chi connectivity index (χ0) is 18.4. The number of aromatic nitrogens is 2. The number of nitrogens with one attached hydrogen (secondary N) is 1. The summed E-state index contributed by atoms with van der Waals surface area (Å²) in [6.07, 6.45) is 14.0. The number of H-pyrrole nitrogens is 1. The summed E-state index contributed by atoms with van der Waals surface area (Å²) >= 11 is 7.87. The van der Waals surface area contributed by atoms with Gasteiger partial charge in [0.25, 0.3) is 0 Å². The van der Waals surface area contributed by atoms with Crippen LogP contribution in [0.25, 0.3) is 16.6 Å². The van der Waals surface area contributed by atoms with Gasteiger partial charge in [-0.1, -0.05) is 55.4 Å². The fourth-order valence-corrected chi connectivity index (χ4v) is 4.14. The van der Waals surface area contributed by atoms with Crippen LogP contribution in [0.15, 0.2) is 63.5 Å². The molecule has 0 saturated carbocycles. The van der Waals surface area contributed by atoms with Crippen LogP contribution < -0.4 is 0 Å². The molecule has 0 radical (unpaired) electrons. The van der Waals surface area contributed by atoms with Gasteiger partial charge in [0.1, 0.15) is 5.65 Å². The third kappa shape index (κ3) is 4.32. The summed E-state index contributed by atoms with van der Waals surface area (Å²) in [5.74, 6) is 0. The Hall–Kier alpha value is -1.75. The van der Waals surface area contributed by atoms with Crippen LogP contribution in [0.5, 0.6) is 0 Å². The predicted molar refractivity (Wildman–Crippen MR) is 112 cm³/mol. The molecule has 0 saturated heterocycles. The molecule has 2 aliphatic rings. The van der Waals surface area contributed by atoms with Crippen molar-refractivity contribution in [3.05, 3.63) is 64.3 Å². The van der Waals surface area contributed by atoms with E-state index in [1.54, 1.807) is 11.8 Å². The van der Waals surface area contributed by atoms with Gasteiger partial charge >= 0.3 is 0 Å². The molecule has 3 nitrogen and oxygen atoms in total. The third-order valence-electron chi connectivity index (χ3n) is 4.01. The third-order valence-corrected chi connectivity index (χ3v) is 5.46. The SMILES string of the molecule is CC.ClC1=CC=C(Sc2c(C3=CCCOC3)[nH]c3ncccc23)CC=C1. The summed E-state index contributed by atoms with van der Waals surface area (Å²) in [5, 5.41) is 1.91. The molecule has 4 rings (SSSR count). The van der Waals surface area contributed by atoms with Gasteiger partial charge in [-0.15, -0.1) is 0 Å². The Kier molecular flexibility index (Phi) is 6.78. The summed E-state index contributed by atoms with van der Waals surface area (Å²) < 4.78 is 5.64. The summed E-state index contributed by atoms with van der Waals surface area (Å²) in [7, 11) is 0. The zero-order valence-electron chi connectivity index (χ0n) is 15.1. The fraction of sp³-hybridized carbons (Fsp3) is 0.286. The number of nitrogens with zero attached hydrogens (tertiary/aromatic N) is 1. The number of hydrogen-bond acceptors (Lipinski definition) is 3. The Balaban J connectivity index is 0.000000948. The van der Waals surface area contributed by atoms with Crippen molar-refractivity contribution in [1.29, 1.82) is 0 Å². The normalized spacial score (nSPS) is 17.0. The number of aromatic amines is 1. The molecule has 3 heterocycles. The molecular weight excluding hydrogens is 364 g/mol. The van der Waals surface area contributed by atoms with Crippen LogP contribution in [0.1, 0.15) is 32.4 Å². The van der Waals surface area contributed by atoms with Crippen molar-refractivity contribution in [2.24, 2.45) is 0 Å². The highest BCUT2D eigenvalue weighted by Crippen LogP contribution is 2.40.